The molecule has 4 unspecified atom stereocenters. The summed E-state index contributed by atoms with van der Waals surface area (Å²) in [6, 6.07) is 8.47. The lowest BCUT2D eigenvalue weighted by atomic mass is 9.84. The number of aryl methyl sites for hydroxylation is 1. The number of likely N-dealkylation sites (tertiary alicyclic amines) is 1. The van der Waals surface area contributed by atoms with Crippen LogP contribution in [0.4, 0.5) is 0 Å². The third kappa shape index (κ3) is 3.48. The molecule has 3 fully saturated rings. The van der Waals surface area contributed by atoms with Crippen molar-refractivity contribution in [2.24, 2.45) is 18.9 Å². The third-order valence-electron chi connectivity index (χ3n) is 7.03. The second-order valence-corrected chi connectivity index (χ2v) is 8.85. The van der Waals surface area contributed by atoms with Crippen molar-refractivity contribution in [2.75, 3.05) is 13.1 Å². The maximum atomic E-state index is 12.7. The van der Waals surface area contributed by atoms with Gasteiger partial charge >= 0.3 is 0 Å². The zero-order chi connectivity index (χ0) is 20.7. The van der Waals surface area contributed by atoms with Crippen molar-refractivity contribution in [3.8, 4) is 0 Å². The summed E-state index contributed by atoms with van der Waals surface area (Å²) in [6.07, 6.45) is 5.73. The van der Waals surface area contributed by atoms with Gasteiger partial charge in [0.05, 0.1) is 23.1 Å². The highest BCUT2D eigenvalue weighted by Crippen LogP contribution is 2.34. The van der Waals surface area contributed by atoms with Crippen molar-refractivity contribution >= 4 is 22.8 Å². The second-order valence-electron chi connectivity index (χ2n) is 8.85. The number of carbonyl (C=O) groups excluding carboxylic acids is 2. The molecule has 3 heterocycles. The van der Waals surface area contributed by atoms with Crippen LogP contribution in [0.25, 0.3) is 11.0 Å². The molecule has 30 heavy (non-hydrogen) atoms. The number of para-hydroxylation sites is 2. The lowest BCUT2D eigenvalue weighted by Crippen LogP contribution is -2.48. The number of carbonyl (C=O) groups is 2. The fraction of sp³-hybridized carbons (Fsp3) is 0.591. The Morgan fingerprint density at radius 2 is 2.07 bits per heavy atom. The summed E-state index contributed by atoms with van der Waals surface area (Å²) in [4.78, 5) is 31.9. The molecule has 1 saturated carbocycles. The van der Waals surface area contributed by atoms with Gasteiger partial charge in [-0.05, 0) is 25.0 Å². The van der Waals surface area contributed by atoms with Gasteiger partial charge in [-0.2, -0.15) is 0 Å². The quantitative estimate of drug-likeness (QED) is 0.686. The van der Waals surface area contributed by atoms with Crippen LogP contribution >= 0.6 is 0 Å². The van der Waals surface area contributed by atoms with E-state index in [4.69, 9.17) is 0 Å². The lowest BCUT2D eigenvalue weighted by molar-refractivity contribution is -0.131. The first-order chi connectivity index (χ1) is 14.6. The average Bonchev–Trinajstić information content (AvgIpc) is 3.44. The average molecular weight is 411 g/mol. The Morgan fingerprint density at radius 1 is 1.23 bits per heavy atom. The van der Waals surface area contributed by atoms with Gasteiger partial charge in [-0.25, -0.2) is 10.4 Å². The molecule has 1 aliphatic carbocycles. The minimum atomic E-state index is -0.276. The molecule has 8 heteroatoms. The minimum absolute atomic E-state index is 0.0144. The van der Waals surface area contributed by atoms with Gasteiger partial charge < -0.3 is 14.8 Å². The predicted molar refractivity (Wildman–Crippen MR) is 113 cm³/mol. The van der Waals surface area contributed by atoms with Crippen molar-refractivity contribution in [2.45, 2.75) is 50.7 Å². The Kier molecular flexibility index (Phi) is 5.20. The molecule has 2 aromatic rings. The van der Waals surface area contributed by atoms with Crippen molar-refractivity contribution in [3.63, 3.8) is 0 Å². The van der Waals surface area contributed by atoms with Crippen LogP contribution in [0.2, 0.25) is 0 Å². The van der Waals surface area contributed by atoms with Gasteiger partial charge in [-0.3, -0.25) is 15.0 Å². The summed E-state index contributed by atoms with van der Waals surface area (Å²) in [7, 11) is 2.00. The summed E-state index contributed by atoms with van der Waals surface area (Å²) in [5, 5.41) is 3.03. The monoisotopic (exact) mass is 410 g/mol. The maximum Gasteiger partial charge on any atom is 0.225 e. The molecule has 2 amide bonds. The molecule has 1 aromatic heterocycles. The van der Waals surface area contributed by atoms with Gasteiger partial charge in [-0.1, -0.05) is 25.0 Å². The summed E-state index contributed by atoms with van der Waals surface area (Å²) in [6.45, 7) is 1.02. The number of hydrogen-bond donors (Lipinski definition) is 3. The molecule has 4 atom stereocenters. The topological polar surface area (TPSA) is 91.3 Å². The number of benzene rings is 1. The standard InChI is InChI=1S/C22H30N6O2/c1-27-18-9-5-4-8-17(18)24-19(27)10-11-23-22(30)14-12-20(29)28(13-14)21-15-6-2-3-7-16(15)25-26-21/h4-5,8-9,14-16,21,25-26H,2-3,6-7,10-13H2,1H3,(H,23,30). The molecule has 2 aliphatic heterocycles. The number of fused-ring (bicyclic) bond motifs is 2. The Hall–Kier alpha value is -2.45. The molecule has 2 saturated heterocycles. The van der Waals surface area contributed by atoms with E-state index in [-0.39, 0.29) is 23.9 Å². The van der Waals surface area contributed by atoms with Gasteiger partial charge in [0, 0.05) is 44.9 Å². The zero-order valence-corrected chi connectivity index (χ0v) is 17.4. The van der Waals surface area contributed by atoms with E-state index in [2.05, 4.69) is 25.7 Å². The highest BCUT2D eigenvalue weighted by atomic mass is 16.2. The van der Waals surface area contributed by atoms with E-state index in [1.165, 1.54) is 12.8 Å². The summed E-state index contributed by atoms with van der Waals surface area (Å²) in [5.41, 5.74) is 8.75. The smallest absolute Gasteiger partial charge is 0.225 e. The molecular weight excluding hydrogens is 380 g/mol. The zero-order valence-electron chi connectivity index (χ0n) is 17.4. The molecule has 1 aromatic carbocycles. The second kappa shape index (κ2) is 8.00. The Balaban J connectivity index is 1.16. The predicted octanol–water partition coefficient (Wildman–Crippen LogP) is 1.07. The SMILES string of the molecule is Cn1c(CCNC(=O)C2CC(=O)N(C3NNC4CCCCC43)C2)nc2ccccc21. The molecule has 3 aliphatic rings. The van der Waals surface area contributed by atoms with E-state index >= 15 is 0 Å². The van der Waals surface area contributed by atoms with Crippen LogP contribution in [0.3, 0.4) is 0 Å². The van der Waals surface area contributed by atoms with Crippen molar-refractivity contribution in [1.29, 1.82) is 0 Å². The number of rotatable bonds is 5. The number of amides is 2. The van der Waals surface area contributed by atoms with Crippen molar-refractivity contribution < 1.29 is 9.59 Å². The number of aromatic nitrogens is 2. The van der Waals surface area contributed by atoms with Gasteiger partial charge in [0.15, 0.2) is 0 Å². The number of nitrogens with zero attached hydrogens (tertiary/aromatic N) is 3. The van der Waals surface area contributed by atoms with Crippen LogP contribution in [0.5, 0.6) is 0 Å². The van der Waals surface area contributed by atoms with Crippen LogP contribution in [0.15, 0.2) is 24.3 Å². The molecular formula is C22H30N6O2. The van der Waals surface area contributed by atoms with E-state index in [0.29, 0.717) is 37.9 Å². The van der Waals surface area contributed by atoms with Crippen LogP contribution in [0.1, 0.15) is 37.9 Å². The highest BCUT2D eigenvalue weighted by Gasteiger charge is 2.46. The van der Waals surface area contributed by atoms with E-state index in [1.807, 2.05) is 36.2 Å². The molecule has 160 valence electrons. The molecule has 0 radical (unpaired) electrons. The van der Waals surface area contributed by atoms with Crippen molar-refractivity contribution in [3.05, 3.63) is 30.1 Å². The first kappa shape index (κ1) is 19.5. The summed E-state index contributed by atoms with van der Waals surface area (Å²) in [5.74, 6) is 1.17. The van der Waals surface area contributed by atoms with E-state index in [0.717, 1.165) is 29.7 Å². The number of imidazole rings is 1. The molecule has 0 bridgehead atoms. The van der Waals surface area contributed by atoms with Gasteiger partial charge in [0.1, 0.15) is 5.82 Å². The van der Waals surface area contributed by atoms with Gasteiger partial charge in [0.2, 0.25) is 11.8 Å². The Labute approximate surface area is 176 Å². The normalized spacial score (nSPS) is 28.8. The van der Waals surface area contributed by atoms with E-state index < -0.39 is 0 Å². The van der Waals surface area contributed by atoms with Crippen LogP contribution in [-0.4, -0.2) is 51.6 Å². The maximum absolute atomic E-state index is 12.7. The van der Waals surface area contributed by atoms with Crippen LogP contribution in [0, 0.1) is 11.8 Å². The first-order valence-electron chi connectivity index (χ1n) is 11.1. The van der Waals surface area contributed by atoms with Gasteiger partial charge in [0.25, 0.3) is 0 Å². The summed E-state index contributed by atoms with van der Waals surface area (Å²) >= 11 is 0. The Bertz CT molecular complexity index is 956. The Morgan fingerprint density at radius 3 is 2.93 bits per heavy atom. The largest absolute Gasteiger partial charge is 0.355 e. The molecule has 5 rings (SSSR count). The fourth-order valence-electron chi connectivity index (χ4n) is 5.36. The number of hydrazine groups is 1. The van der Waals surface area contributed by atoms with E-state index in [1.54, 1.807) is 0 Å². The number of hydrogen-bond acceptors (Lipinski definition) is 5. The minimum Gasteiger partial charge on any atom is -0.355 e. The van der Waals surface area contributed by atoms with Crippen LogP contribution in [-0.2, 0) is 23.1 Å². The highest BCUT2D eigenvalue weighted by molar-refractivity contribution is 5.89. The van der Waals surface area contributed by atoms with Crippen molar-refractivity contribution in [1.82, 2.24) is 30.6 Å². The van der Waals surface area contributed by atoms with E-state index in [9.17, 15) is 9.59 Å². The number of nitrogens with one attached hydrogen (secondary N) is 3. The third-order valence-corrected chi connectivity index (χ3v) is 7.03. The summed E-state index contributed by atoms with van der Waals surface area (Å²) < 4.78 is 2.07. The van der Waals surface area contributed by atoms with Crippen LogP contribution < -0.4 is 16.2 Å². The molecule has 3 N–H and O–H groups in total. The molecule has 8 nitrogen and oxygen atoms in total. The lowest BCUT2D eigenvalue weighted by Gasteiger charge is -2.32. The first-order valence-corrected chi connectivity index (χ1v) is 11.1. The molecule has 0 spiro atoms. The van der Waals surface area contributed by atoms with Gasteiger partial charge in [-0.15, -0.1) is 0 Å². The fourth-order valence-corrected chi connectivity index (χ4v) is 5.36.